The number of sulfonamides is 1. The fourth-order valence-corrected chi connectivity index (χ4v) is 4.12. The van der Waals surface area contributed by atoms with Gasteiger partial charge in [-0.3, -0.25) is 0 Å². The SMILES string of the molecule is C[C@H](N)[C@@H]1CCCN(S(=O)(=O)c2ccc(C(F)(F)F)cc2)C1. The predicted molar refractivity (Wildman–Crippen MR) is 76.6 cm³/mol. The van der Waals surface area contributed by atoms with Crippen molar-refractivity contribution in [3.63, 3.8) is 0 Å². The number of rotatable bonds is 3. The number of hydrogen-bond acceptors (Lipinski definition) is 3. The van der Waals surface area contributed by atoms with Crippen LogP contribution in [0.1, 0.15) is 25.3 Å². The lowest BCUT2D eigenvalue weighted by Crippen LogP contribution is -2.44. The summed E-state index contributed by atoms with van der Waals surface area (Å²) in [6, 6.07) is 3.48. The molecule has 0 spiro atoms. The van der Waals surface area contributed by atoms with Gasteiger partial charge in [0.2, 0.25) is 10.0 Å². The molecule has 1 aliphatic heterocycles. The number of nitrogens with zero attached hydrogens (tertiary/aromatic N) is 1. The zero-order valence-corrected chi connectivity index (χ0v) is 13.0. The third-order valence-corrected chi connectivity index (χ3v) is 5.86. The molecule has 1 aliphatic rings. The number of hydrogen-bond donors (Lipinski definition) is 1. The molecule has 0 aromatic heterocycles. The lowest BCUT2D eigenvalue weighted by atomic mass is 9.93. The van der Waals surface area contributed by atoms with E-state index >= 15 is 0 Å². The van der Waals surface area contributed by atoms with Crippen molar-refractivity contribution in [3.05, 3.63) is 29.8 Å². The highest BCUT2D eigenvalue weighted by molar-refractivity contribution is 7.89. The first-order valence-corrected chi connectivity index (χ1v) is 8.49. The molecule has 2 rings (SSSR count). The maximum absolute atomic E-state index is 12.5. The Labute approximate surface area is 128 Å². The normalized spacial score (nSPS) is 22.5. The Morgan fingerprint density at radius 2 is 1.86 bits per heavy atom. The molecule has 2 atom stereocenters. The summed E-state index contributed by atoms with van der Waals surface area (Å²) in [5.41, 5.74) is 4.97. The van der Waals surface area contributed by atoms with Crippen molar-refractivity contribution in [2.75, 3.05) is 13.1 Å². The van der Waals surface area contributed by atoms with Crippen LogP contribution in [0, 0.1) is 5.92 Å². The van der Waals surface area contributed by atoms with E-state index in [0.717, 1.165) is 30.7 Å². The van der Waals surface area contributed by atoms with Gasteiger partial charge in [0, 0.05) is 19.1 Å². The van der Waals surface area contributed by atoms with Gasteiger partial charge in [0.1, 0.15) is 0 Å². The molecule has 1 saturated heterocycles. The average molecular weight is 336 g/mol. The molecule has 0 radical (unpaired) electrons. The van der Waals surface area contributed by atoms with Gasteiger partial charge in [-0.15, -0.1) is 0 Å². The summed E-state index contributed by atoms with van der Waals surface area (Å²) in [5, 5.41) is 0. The average Bonchev–Trinajstić information content (AvgIpc) is 2.46. The largest absolute Gasteiger partial charge is 0.416 e. The second-order valence-corrected chi connectivity index (χ2v) is 7.58. The number of alkyl halides is 3. The highest BCUT2D eigenvalue weighted by Gasteiger charge is 2.33. The summed E-state index contributed by atoms with van der Waals surface area (Å²) in [4.78, 5) is -0.120. The summed E-state index contributed by atoms with van der Waals surface area (Å²) in [5.74, 6) is 0.0676. The van der Waals surface area contributed by atoms with Crippen LogP contribution in [0.5, 0.6) is 0 Å². The number of benzene rings is 1. The van der Waals surface area contributed by atoms with E-state index in [1.807, 2.05) is 6.92 Å². The smallest absolute Gasteiger partial charge is 0.328 e. The first kappa shape index (κ1) is 17.2. The Morgan fingerprint density at radius 3 is 2.36 bits per heavy atom. The van der Waals surface area contributed by atoms with E-state index in [-0.39, 0.29) is 16.9 Å². The van der Waals surface area contributed by atoms with Gasteiger partial charge in [-0.25, -0.2) is 8.42 Å². The molecule has 124 valence electrons. The maximum Gasteiger partial charge on any atom is 0.416 e. The summed E-state index contributed by atoms with van der Waals surface area (Å²) in [6.45, 7) is 2.51. The van der Waals surface area contributed by atoms with Crippen molar-refractivity contribution in [3.8, 4) is 0 Å². The van der Waals surface area contributed by atoms with E-state index in [4.69, 9.17) is 5.73 Å². The van der Waals surface area contributed by atoms with Gasteiger partial charge in [-0.2, -0.15) is 17.5 Å². The molecule has 1 aromatic rings. The van der Waals surface area contributed by atoms with Gasteiger partial charge in [0.25, 0.3) is 0 Å². The molecule has 4 nitrogen and oxygen atoms in total. The van der Waals surface area contributed by atoms with E-state index < -0.39 is 21.8 Å². The summed E-state index contributed by atoms with van der Waals surface area (Å²) < 4.78 is 64.0. The van der Waals surface area contributed by atoms with Gasteiger partial charge in [0.05, 0.1) is 10.5 Å². The molecule has 2 N–H and O–H groups in total. The Balaban J connectivity index is 2.23. The topological polar surface area (TPSA) is 63.4 Å². The number of nitrogens with two attached hydrogens (primary N) is 1. The lowest BCUT2D eigenvalue weighted by Gasteiger charge is -2.33. The van der Waals surface area contributed by atoms with Crippen LogP contribution in [0.25, 0.3) is 0 Å². The fraction of sp³-hybridized carbons (Fsp3) is 0.571. The van der Waals surface area contributed by atoms with E-state index in [1.165, 1.54) is 4.31 Å². The first-order chi connectivity index (χ1) is 10.1. The molecule has 0 bridgehead atoms. The second kappa shape index (κ2) is 6.17. The van der Waals surface area contributed by atoms with Crippen LogP contribution >= 0.6 is 0 Å². The molecule has 1 heterocycles. The summed E-state index contributed by atoms with van der Waals surface area (Å²) in [6.07, 6.45) is -2.92. The van der Waals surface area contributed by atoms with Crippen molar-refractivity contribution in [2.45, 2.75) is 36.9 Å². The number of halogens is 3. The molecule has 0 amide bonds. The van der Waals surface area contributed by atoms with Crippen LogP contribution in [0.4, 0.5) is 13.2 Å². The molecule has 22 heavy (non-hydrogen) atoms. The zero-order chi connectivity index (χ0) is 16.5. The molecule has 0 aliphatic carbocycles. The minimum atomic E-state index is -4.48. The lowest BCUT2D eigenvalue weighted by molar-refractivity contribution is -0.137. The van der Waals surface area contributed by atoms with Crippen LogP contribution in [-0.2, 0) is 16.2 Å². The highest BCUT2D eigenvalue weighted by atomic mass is 32.2. The third-order valence-electron chi connectivity index (χ3n) is 3.98. The number of piperidine rings is 1. The molecular weight excluding hydrogens is 317 g/mol. The van der Waals surface area contributed by atoms with E-state index in [9.17, 15) is 21.6 Å². The minimum Gasteiger partial charge on any atom is -0.328 e. The van der Waals surface area contributed by atoms with E-state index in [0.29, 0.717) is 19.5 Å². The monoisotopic (exact) mass is 336 g/mol. The molecule has 1 fully saturated rings. The van der Waals surface area contributed by atoms with Crippen LogP contribution in [0.15, 0.2) is 29.2 Å². The zero-order valence-electron chi connectivity index (χ0n) is 12.2. The molecule has 1 aromatic carbocycles. The second-order valence-electron chi connectivity index (χ2n) is 5.65. The van der Waals surface area contributed by atoms with Gasteiger partial charge in [0.15, 0.2) is 0 Å². The standard InChI is InChI=1S/C14H19F3N2O2S/c1-10(18)11-3-2-8-19(9-11)22(20,21)13-6-4-12(5-7-13)14(15,16)17/h4-7,10-11H,2-3,8-9,18H2,1H3/t10-,11+/m0/s1. The third kappa shape index (κ3) is 3.61. The van der Waals surface area contributed by atoms with Gasteiger partial charge < -0.3 is 5.73 Å². The summed E-state index contributed by atoms with van der Waals surface area (Å²) >= 11 is 0. The van der Waals surface area contributed by atoms with Crippen LogP contribution < -0.4 is 5.73 Å². The molecule has 0 saturated carbocycles. The highest BCUT2D eigenvalue weighted by Crippen LogP contribution is 2.31. The van der Waals surface area contributed by atoms with Crippen molar-refractivity contribution in [2.24, 2.45) is 11.7 Å². The minimum absolute atomic E-state index is 0.0676. The molecule has 8 heteroatoms. The molecular formula is C14H19F3N2O2S. The summed E-state index contributed by atoms with van der Waals surface area (Å²) in [7, 11) is -3.78. The van der Waals surface area contributed by atoms with Crippen molar-refractivity contribution in [1.82, 2.24) is 4.31 Å². The van der Waals surface area contributed by atoms with Crippen LogP contribution in [-0.4, -0.2) is 31.9 Å². The van der Waals surface area contributed by atoms with E-state index in [2.05, 4.69) is 0 Å². The maximum atomic E-state index is 12.5. The Morgan fingerprint density at radius 1 is 1.27 bits per heavy atom. The van der Waals surface area contributed by atoms with Gasteiger partial charge >= 0.3 is 6.18 Å². The van der Waals surface area contributed by atoms with Crippen molar-refractivity contribution >= 4 is 10.0 Å². The van der Waals surface area contributed by atoms with Crippen molar-refractivity contribution in [1.29, 1.82) is 0 Å². The molecule has 0 unspecified atom stereocenters. The van der Waals surface area contributed by atoms with Crippen molar-refractivity contribution < 1.29 is 21.6 Å². The van der Waals surface area contributed by atoms with Crippen LogP contribution in [0.3, 0.4) is 0 Å². The van der Waals surface area contributed by atoms with E-state index in [1.54, 1.807) is 0 Å². The Kier molecular flexibility index (Phi) is 4.84. The Bertz CT molecular complexity index is 612. The van der Waals surface area contributed by atoms with Crippen LogP contribution in [0.2, 0.25) is 0 Å². The predicted octanol–water partition coefficient (Wildman–Crippen LogP) is 2.45. The first-order valence-electron chi connectivity index (χ1n) is 7.05. The van der Waals surface area contributed by atoms with Gasteiger partial charge in [-0.05, 0) is 49.9 Å². The van der Waals surface area contributed by atoms with Gasteiger partial charge in [-0.1, -0.05) is 0 Å². The fourth-order valence-electron chi connectivity index (χ4n) is 2.59. The quantitative estimate of drug-likeness (QED) is 0.922. The Hall–Kier alpha value is -1.12.